The molecule has 0 aromatic carbocycles. The Hall–Kier alpha value is -1.16. The van der Waals surface area contributed by atoms with Gasteiger partial charge in [0.25, 0.3) is 0 Å². The third-order valence-electron chi connectivity index (χ3n) is 1.47. The van der Waals surface area contributed by atoms with Gasteiger partial charge in [0.2, 0.25) is 5.70 Å². The van der Waals surface area contributed by atoms with Gasteiger partial charge in [0.05, 0.1) is 4.92 Å². The maximum Gasteiger partial charge on any atom is 0.246 e. The molecule has 0 unspecified atom stereocenters. The van der Waals surface area contributed by atoms with Crippen LogP contribution in [0.25, 0.3) is 6.08 Å². The van der Waals surface area contributed by atoms with Crippen LogP contribution in [0.1, 0.15) is 18.9 Å². The van der Waals surface area contributed by atoms with Crippen LogP contribution in [-0.2, 0) is 0 Å². The summed E-state index contributed by atoms with van der Waals surface area (Å²) in [5, 5.41) is 14.2. The molecule has 0 N–H and O–H groups in total. The first-order chi connectivity index (χ1) is 5.74. The summed E-state index contributed by atoms with van der Waals surface area (Å²) in [4.78, 5) is 10.1. The molecule has 1 aromatic rings. The third-order valence-corrected chi connectivity index (χ3v) is 2.17. The molecule has 0 saturated carbocycles. The number of allylic oxidation sites excluding steroid dienone is 1. The van der Waals surface area contributed by atoms with Gasteiger partial charge < -0.3 is 0 Å². The smallest absolute Gasteiger partial charge is 0.246 e. The second kappa shape index (κ2) is 4.01. The number of hydrogen-bond acceptors (Lipinski definition) is 3. The Bertz CT molecular complexity index is 290. The second-order valence-electron chi connectivity index (χ2n) is 2.30. The lowest BCUT2D eigenvalue weighted by Gasteiger charge is -1.91. The van der Waals surface area contributed by atoms with Crippen LogP contribution in [0.3, 0.4) is 0 Å². The quantitative estimate of drug-likeness (QED) is 0.534. The zero-order valence-corrected chi connectivity index (χ0v) is 7.50. The van der Waals surface area contributed by atoms with Crippen molar-refractivity contribution in [1.82, 2.24) is 0 Å². The Morgan fingerprint density at radius 2 is 2.58 bits per heavy atom. The van der Waals surface area contributed by atoms with E-state index in [4.69, 9.17) is 0 Å². The Kier molecular flexibility index (Phi) is 2.99. The zero-order chi connectivity index (χ0) is 8.97. The van der Waals surface area contributed by atoms with E-state index in [0.29, 0.717) is 6.42 Å². The lowest BCUT2D eigenvalue weighted by atomic mass is 10.2. The van der Waals surface area contributed by atoms with Crippen molar-refractivity contribution in [3.63, 3.8) is 0 Å². The molecule has 0 saturated heterocycles. The van der Waals surface area contributed by atoms with Gasteiger partial charge in [-0.15, -0.1) is 0 Å². The summed E-state index contributed by atoms with van der Waals surface area (Å²) in [6.45, 7) is 1.78. The van der Waals surface area contributed by atoms with Crippen molar-refractivity contribution in [3.8, 4) is 0 Å². The lowest BCUT2D eigenvalue weighted by Crippen LogP contribution is -1.95. The first kappa shape index (κ1) is 8.93. The normalized spacial score (nSPS) is 11.6. The zero-order valence-electron chi connectivity index (χ0n) is 6.69. The molecule has 1 rings (SSSR count). The first-order valence-electron chi connectivity index (χ1n) is 3.61. The Balaban J connectivity index is 2.85. The topological polar surface area (TPSA) is 43.1 Å². The van der Waals surface area contributed by atoms with E-state index in [2.05, 4.69) is 0 Å². The fourth-order valence-electron chi connectivity index (χ4n) is 0.833. The molecule has 1 aromatic heterocycles. The molecule has 0 aliphatic heterocycles. The van der Waals surface area contributed by atoms with E-state index < -0.39 is 0 Å². The Morgan fingerprint density at radius 1 is 1.83 bits per heavy atom. The summed E-state index contributed by atoms with van der Waals surface area (Å²) in [7, 11) is 0. The van der Waals surface area contributed by atoms with Crippen LogP contribution in [0.5, 0.6) is 0 Å². The Morgan fingerprint density at radius 3 is 3.00 bits per heavy atom. The molecule has 3 nitrogen and oxygen atoms in total. The molecule has 0 aliphatic rings. The maximum atomic E-state index is 10.4. The summed E-state index contributed by atoms with van der Waals surface area (Å²) >= 11 is 1.54. The molecular formula is C8H9NO2S. The van der Waals surface area contributed by atoms with Crippen LogP contribution in [0.15, 0.2) is 22.5 Å². The highest BCUT2D eigenvalue weighted by Gasteiger charge is 2.06. The number of nitrogens with zero attached hydrogens (tertiary/aromatic N) is 1. The number of thiophene rings is 1. The largest absolute Gasteiger partial charge is 0.259 e. The van der Waals surface area contributed by atoms with E-state index >= 15 is 0 Å². The predicted octanol–water partition coefficient (Wildman–Crippen LogP) is 2.78. The van der Waals surface area contributed by atoms with Crippen molar-refractivity contribution < 1.29 is 4.92 Å². The summed E-state index contributed by atoms with van der Waals surface area (Å²) in [5.74, 6) is 0. The minimum atomic E-state index is -0.336. The fourth-order valence-corrected chi connectivity index (χ4v) is 1.45. The van der Waals surface area contributed by atoms with Gasteiger partial charge in [-0.05, 0) is 22.4 Å². The summed E-state index contributed by atoms with van der Waals surface area (Å²) in [6.07, 6.45) is 2.07. The lowest BCUT2D eigenvalue weighted by molar-refractivity contribution is -0.425. The standard InChI is InChI=1S/C8H9NO2S/c1-2-8(9(10)11)5-7-3-4-12-6-7/h3-6H,2H2,1H3. The molecule has 64 valence electrons. The van der Waals surface area contributed by atoms with E-state index in [1.54, 1.807) is 13.0 Å². The van der Waals surface area contributed by atoms with Crippen molar-refractivity contribution in [2.24, 2.45) is 0 Å². The van der Waals surface area contributed by atoms with Crippen LogP contribution < -0.4 is 0 Å². The van der Waals surface area contributed by atoms with Gasteiger partial charge in [0.15, 0.2) is 0 Å². The molecular weight excluding hydrogens is 174 g/mol. The third kappa shape index (κ3) is 2.17. The van der Waals surface area contributed by atoms with Crippen molar-refractivity contribution >= 4 is 17.4 Å². The van der Waals surface area contributed by atoms with Crippen molar-refractivity contribution in [2.45, 2.75) is 13.3 Å². The van der Waals surface area contributed by atoms with Crippen LogP contribution in [0.4, 0.5) is 0 Å². The van der Waals surface area contributed by atoms with Gasteiger partial charge >= 0.3 is 0 Å². The van der Waals surface area contributed by atoms with E-state index in [1.165, 1.54) is 11.3 Å². The number of rotatable bonds is 3. The van der Waals surface area contributed by atoms with Crippen molar-refractivity contribution in [1.29, 1.82) is 0 Å². The summed E-state index contributed by atoms with van der Waals surface area (Å²) < 4.78 is 0. The average molecular weight is 183 g/mol. The van der Waals surface area contributed by atoms with E-state index in [-0.39, 0.29) is 10.6 Å². The van der Waals surface area contributed by atoms with Gasteiger partial charge in [0.1, 0.15) is 0 Å². The van der Waals surface area contributed by atoms with Gasteiger partial charge in [-0.3, -0.25) is 10.1 Å². The van der Waals surface area contributed by atoms with Gasteiger partial charge in [0, 0.05) is 12.5 Å². The molecule has 12 heavy (non-hydrogen) atoms. The molecule has 0 bridgehead atoms. The fraction of sp³-hybridized carbons (Fsp3) is 0.250. The molecule has 4 heteroatoms. The van der Waals surface area contributed by atoms with E-state index in [1.807, 2.05) is 16.8 Å². The minimum absolute atomic E-state index is 0.258. The van der Waals surface area contributed by atoms with Gasteiger partial charge in [-0.25, -0.2) is 0 Å². The molecule has 0 spiro atoms. The highest BCUT2D eigenvalue weighted by Crippen LogP contribution is 2.12. The molecule has 0 amide bonds. The number of nitro groups is 1. The Labute approximate surface area is 74.5 Å². The number of hydrogen-bond donors (Lipinski definition) is 0. The van der Waals surface area contributed by atoms with E-state index in [9.17, 15) is 10.1 Å². The van der Waals surface area contributed by atoms with Crippen LogP contribution in [-0.4, -0.2) is 4.92 Å². The monoisotopic (exact) mass is 183 g/mol. The van der Waals surface area contributed by atoms with Gasteiger partial charge in [-0.1, -0.05) is 6.92 Å². The minimum Gasteiger partial charge on any atom is -0.259 e. The SMILES string of the molecule is CCC(=Cc1ccsc1)[N+](=O)[O-]. The van der Waals surface area contributed by atoms with E-state index in [0.717, 1.165) is 5.56 Å². The van der Waals surface area contributed by atoms with Crippen LogP contribution >= 0.6 is 11.3 Å². The molecule has 0 fully saturated rings. The molecule has 0 aliphatic carbocycles. The molecule has 0 atom stereocenters. The highest BCUT2D eigenvalue weighted by molar-refractivity contribution is 7.08. The first-order valence-corrected chi connectivity index (χ1v) is 4.55. The average Bonchev–Trinajstić information content (AvgIpc) is 2.51. The molecule has 0 radical (unpaired) electrons. The van der Waals surface area contributed by atoms with Crippen LogP contribution in [0, 0.1) is 10.1 Å². The predicted molar refractivity (Wildman–Crippen MR) is 49.6 cm³/mol. The summed E-state index contributed by atoms with van der Waals surface area (Å²) in [6, 6.07) is 1.86. The van der Waals surface area contributed by atoms with Crippen molar-refractivity contribution in [2.75, 3.05) is 0 Å². The molecule has 1 heterocycles. The van der Waals surface area contributed by atoms with Gasteiger partial charge in [-0.2, -0.15) is 11.3 Å². The summed E-state index contributed by atoms with van der Waals surface area (Å²) in [5.41, 5.74) is 1.17. The second-order valence-corrected chi connectivity index (χ2v) is 3.08. The van der Waals surface area contributed by atoms with Crippen LogP contribution in [0.2, 0.25) is 0 Å². The van der Waals surface area contributed by atoms with Crippen molar-refractivity contribution in [3.05, 3.63) is 38.2 Å². The maximum absolute atomic E-state index is 10.4. The highest BCUT2D eigenvalue weighted by atomic mass is 32.1.